The molecule has 5 nitrogen and oxygen atoms in total. The molecule has 0 heterocycles. The van der Waals surface area contributed by atoms with Crippen LogP contribution in [0, 0.1) is 19.8 Å². The molecule has 1 aliphatic carbocycles. The predicted molar refractivity (Wildman–Crippen MR) is 115 cm³/mol. The zero-order chi connectivity index (χ0) is 20.3. The Morgan fingerprint density at radius 3 is 2.32 bits per heavy atom. The summed E-state index contributed by atoms with van der Waals surface area (Å²) in [5.74, 6) is -0.0504. The number of carbonyl (C=O) groups is 1. The van der Waals surface area contributed by atoms with E-state index in [2.05, 4.69) is 10.6 Å². The van der Waals surface area contributed by atoms with Crippen molar-refractivity contribution in [3.8, 4) is 0 Å². The van der Waals surface area contributed by atoms with Gasteiger partial charge < -0.3 is 10.6 Å². The lowest BCUT2D eigenvalue weighted by Gasteiger charge is -2.24. The Morgan fingerprint density at radius 2 is 1.75 bits per heavy atom. The van der Waals surface area contributed by atoms with Crippen LogP contribution in [0.3, 0.4) is 0 Å². The molecule has 0 unspecified atom stereocenters. The summed E-state index contributed by atoms with van der Waals surface area (Å²) in [7, 11) is -3.44. The molecule has 2 N–H and O–H groups in total. The maximum Gasteiger partial charge on any atom is 0.229 e. The Balaban J connectivity index is 1.62. The van der Waals surface area contributed by atoms with Crippen molar-refractivity contribution in [2.24, 2.45) is 5.92 Å². The summed E-state index contributed by atoms with van der Waals surface area (Å²) >= 11 is 5.16. The van der Waals surface area contributed by atoms with Gasteiger partial charge in [-0.05, 0) is 79.9 Å². The smallest absolute Gasteiger partial charge is 0.229 e. The van der Waals surface area contributed by atoms with Gasteiger partial charge in [0.05, 0.1) is 10.6 Å². The van der Waals surface area contributed by atoms with Gasteiger partial charge in [-0.2, -0.15) is 0 Å². The number of nitrogens with one attached hydrogen (secondary N) is 2. The van der Waals surface area contributed by atoms with Gasteiger partial charge >= 0.3 is 0 Å². The number of hydrogen-bond donors (Lipinski definition) is 2. The summed E-state index contributed by atoms with van der Waals surface area (Å²) in [4.78, 5) is 12.2. The first-order valence-electron chi connectivity index (χ1n) is 9.25. The first-order chi connectivity index (χ1) is 13.2. The van der Waals surface area contributed by atoms with Gasteiger partial charge in [0, 0.05) is 11.6 Å². The summed E-state index contributed by atoms with van der Waals surface area (Å²) in [5, 5.41) is 5.83. The Morgan fingerprint density at radius 1 is 1.07 bits per heavy atom. The zero-order valence-electron chi connectivity index (χ0n) is 16.0. The molecule has 28 heavy (non-hydrogen) atoms. The number of amides is 1. The third-order valence-electron chi connectivity index (χ3n) is 5.11. The van der Waals surface area contributed by atoms with Crippen molar-refractivity contribution in [1.29, 1.82) is 0 Å². The van der Waals surface area contributed by atoms with E-state index in [-0.39, 0.29) is 27.6 Å². The summed E-state index contributed by atoms with van der Waals surface area (Å²) < 4.78 is 25.4. The van der Waals surface area contributed by atoms with E-state index >= 15 is 0 Å². The van der Waals surface area contributed by atoms with Gasteiger partial charge in [0.15, 0.2) is 14.9 Å². The molecule has 0 atom stereocenters. The van der Waals surface area contributed by atoms with Crippen LogP contribution in [0.15, 0.2) is 47.4 Å². The molecular weight excluding hydrogens is 392 g/mol. The molecule has 0 saturated heterocycles. The molecule has 1 saturated carbocycles. The average Bonchev–Trinajstić information content (AvgIpc) is 2.56. The van der Waals surface area contributed by atoms with Crippen LogP contribution in [0.1, 0.15) is 36.0 Å². The number of sulfone groups is 1. The van der Waals surface area contributed by atoms with E-state index in [1.165, 1.54) is 0 Å². The summed E-state index contributed by atoms with van der Waals surface area (Å²) in [5.41, 5.74) is 3.61. The van der Waals surface area contributed by atoms with Crippen LogP contribution in [-0.2, 0) is 20.4 Å². The predicted octanol–water partition coefficient (Wildman–Crippen LogP) is 3.89. The van der Waals surface area contributed by atoms with Crippen LogP contribution in [0.25, 0.3) is 0 Å². The second kappa shape index (κ2) is 8.41. The Kier molecular flexibility index (Phi) is 6.15. The van der Waals surface area contributed by atoms with Gasteiger partial charge in [-0.15, -0.1) is 0 Å². The van der Waals surface area contributed by atoms with Crippen LogP contribution in [0.2, 0.25) is 0 Å². The molecule has 2 aromatic rings. The van der Waals surface area contributed by atoms with Crippen LogP contribution in [0.4, 0.5) is 5.69 Å². The van der Waals surface area contributed by atoms with Gasteiger partial charge in [-0.25, -0.2) is 8.42 Å². The summed E-state index contributed by atoms with van der Waals surface area (Å²) in [6.45, 7) is 3.97. The van der Waals surface area contributed by atoms with Gasteiger partial charge in [0.25, 0.3) is 0 Å². The second-order valence-corrected chi connectivity index (χ2v) is 9.67. The van der Waals surface area contributed by atoms with E-state index in [1.54, 1.807) is 24.3 Å². The third kappa shape index (κ3) is 4.97. The van der Waals surface area contributed by atoms with Crippen LogP contribution in [0.5, 0.6) is 0 Å². The quantitative estimate of drug-likeness (QED) is 0.723. The highest BCUT2D eigenvalue weighted by Crippen LogP contribution is 2.26. The highest BCUT2D eigenvalue weighted by atomic mass is 32.2. The highest BCUT2D eigenvalue weighted by Gasteiger charge is 2.25. The number of carbonyl (C=O) groups excluding carboxylic acids is 1. The molecule has 148 valence electrons. The van der Waals surface area contributed by atoms with Crippen molar-refractivity contribution in [3.63, 3.8) is 0 Å². The molecule has 0 radical (unpaired) electrons. The van der Waals surface area contributed by atoms with E-state index in [4.69, 9.17) is 12.2 Å². The van der Waals surface area contributed by atoms with E-state index in [0.717, 1.165) is 36.0 Å². The largest absolute Gasteiger partial charge is 0.332 e. The fourth-order valence-electron chi connectivity index (χ4n) is 2.99. The Labute approximate surface area is 171 Å². The Hall–Kier alpha value is -2.25. The standard InChI is InChI=1S/C21H24N2O3S2/c1-14-6-7-16(12-15(14)2)13-28(25,26)19-10-8-18(9-11-19)22-21(27)23-20(24)17-4-3-5-17/h6-12,17H,3-5,13H2,1-2H3,(H2,22,23,24,27). The molecule has 1 aliphatic rings. The number of anilines is 1. The van der Waals surface area contributed by atoms with E-state index in [0.29, 0.717) is 5.69 Å². The molecule has 2 aromatic carbocycles. The minimum Gasteiger partial charge on any atom is -0.332 e. The third-order valence-corrected chi connectivity index (χ3v) is 7.02. The first kappa shape index (κ1) is 20.5. The van der Waals surface area contributed by atoms with Gasteiger partial charge in [-0.1, -0.05) is 24.6 Å². The lowest BCUT2D eigenvalue weighted by molar-refractivity contribution is -0.125. The van der Waals surface area contributed by atoms with Crippen molar-refractivity contribution in [3.05, 3.63) is 59.2 Å². The lowest BCUT2D eigenvalue weighted by atomic mass is 9.85. The monoisotopic (exact) mass is 416 g/mol. The number of rotatable bonds is 5. The van der Waals surface area contributed by atoms with Crippen molar-refractivity contribution in [1.82, 2.24) is 5.32 Å². The van der Waals surface area contributed by atoms with Gasteiger partial charge in [-0.3, -0.25) is 4.79 Å². The number of hydrogen-bond acceptors (Lipinski definition) is 4. The molecule has 0 aromatic heterocycles. The van der Waals surface area contributed by atoms with Gasteiger partial charge in [0.1, 0.15) is 0 Å². The maximum absolute atomic E-state index is 12.7. The fourth-order valence-corrected chi connectivity index (χ4v) is 4.54. The minimum atomic E-state index is -3.44. The normalized spacial score (nSPS) is 14.2. The van der Waals surface area contributed by atoms with Crippen molar-refractivity contribution >= 4 is 38.8 Å². The van der Waals surface area contributed by atoms with Crippen LogP contribution >= 0.6 is 12.2 Å². The number of benzene rings is 2. The highest BCUT2D eigenvalue weighted by molar-refractivity contribution is 7.90. The maximum atomic E-state index is 12.7. The fraction of sp³-hybridized carbons (Fsp3) is 0.333. The Bertz CT molecular complexity index is 995. The van der Waals surface area contributed by atoms with E-state index in [1.807, 2.05) is 32.0 Å². The van der Waals surface area contributed by atoms with Crippen molar-refractivity contribution in [2.75, 3.05) is 5.32 Å². The molecular formula is C21H24N2O3S2. The van der Waals surface area contributed by atoms with Crippen LogP contribution < -0.4 is 10.6 Å². The number of thiocarbonyl (C=S) groups is 1. The van der Waals surface area contributed by atoms with E-state index < -0.39 is 9.84 Å². The van der Waals surface area contributed by atoms with Gasteiger partial charge in [0.2, 0.25) is 5.91 Å². The molecule has 7 heteroatoms. The zero-order valence-corrected chi connectivity index (χ0v) is 17.6. The second-order valence-electron chi connectivity index (χ2n) is 7.27. The van der Waals surface area contributed by atoms with Crippen molar-refractivity contribution in [2.45, 2.75) is 43.8 Å². The summed E-state index contributed by atoms with van der Waals surface area (Å²) in [6, 6.07) is 12.1. The topological polar surface area (TPSA) is 75.3 Å². The first-order valence-corrected chi connectivity index (χ1v) is 11.3. The average molecular weight is 417 g/mol. The minimum absolute atomic E-state index is 0.0449. The molecule has 1 amide bonds. The van der Waals surface area contributed by atoms with Crippen molar-refractivity contribution < 1.29 is 13.2 Å². The van der Waals surface area contributed by atoms with Crippen LogP contribution in [-0.4, -0.2) is 19.4 Å². The molecule has 0 bridgehead atoms. The molecule has 3 rings (SSSR count). The SMILES string of the molecule is Cc1ccc(CS(=O)(=O)c2ccc(NC(=S)NC(=O)C3CCC3)cc2)cc1C. The molecule has 0 aliphatic heterocycles. The van der Waals surface area contributed by atoms with E-state index in [9.17, 15) is 13.2 Å². The summed E-state index contributed by atoms with van der Waals surface area (Å²) in [6.07, 6.45) is 2.89. The molecule has 0 spiro atoms. The number of aryl methyl sites for hydroxylation is 2. The molecule has 1 fully saturated rings. The lowest BCUT2D eigenvalue weighted by Crippen LogP contribution is -2.40.